The Hall–Kier alpha value is -2.55. The predicted octanol–water partition coefficient (Wildman–Crippen LogP) is 4.84. The number of carbonyl (C=O) groups excluding carboxylic acids is 1. The number of aryl methyl sites for hydroxylation is 1. The summed E-state index contributed by atoms with van der Waals surface area (Å²) in [5.74, 6) is 1.58. The molecule has 3 aromatic rings. The van der Waals surface area contributed by atoms with Gasteiger partial charge in [0.2, 0.25) is 0 Å². The Morgan fingerprint density at radius 2 is 1.97 bits per heavy atom. The number of fused-ring (bicyclic) bond motifs is 1. The van der Waals surface area contributed by atoms with Gasteiger partial charge >= 0.3 is 6.18 Å². The van der Waals surface area contributed by atoms with Gasteiger partial charge in [-0.15, -0.1) is 0 Å². The molecule has 1 saturated heterocycles. The van der Waals surface area contributed by atoms with Gasteiger partial charge in [-0.2, -0.15) is 24.9 Å². The molecule has 5 nitrogen and oxygen atoms in total. The third-order valence-electron chi connectivity index (χ3n) is 4.93. The van der Waals surface area contributed by atoms with Gasteiger partial charge in [0.15, 0.2) is 0 Å². The van der Waals surface area contributed by atoms with Crippen molar-refractivity contribution in [3.63, 3.8) is 0 Å². The molecule has 2 aromatic heterocycles. The SMILES string of the molecule is Cc1noc2nc(-c3ccccc3C(F)(F)F)cc(C(=O)NC3CCSCC3)c12. The van der Waals surface area contributed by atoms with Crippen LogP contribution in [0.25, 0.3) is 22.4 Å². The van der Waals surface area contributed by atoms with Crippen molar-refractivity contribution in [2.24, 2.45) is 0 Å². The molecule has 4 rings (SSSR count). The Morgan fingerprint density at radius 3 is 2.69 bits per heavy atom. The largest absolute Gasteiger partial charge is 0.417 e. The Kier molecular flexibility index (Phi) is 5.24. The van der Waals surface area contributed by atoms with Crippen LogP contribution in [-0.2, 0) is 6.18 Å². The molecule has 1 fully saturated rings. The standard InChI is InChI=1S/C20H18F3N3O2S/c1-11-17-14(18(27)24-12-6-8-29-9-7-12)10-16(25-19(17)28-26-11)13-4-2-3-5-15(13)20(21,22)23/h2-5,10,12H,6-9H2,1H3,(H,24,27). The van der Waals surface area contributed by atoms with E-state index in [4.69, 9.17) is 4.52 Å². The van der Waals surface area contributed by atoms with Gasteiger partial charge in [-0.3, -0.25) is 4.79 Å². The number of benzene rings is 1. The Balaban J connectivity index is 1.81. The number of hydrogen-bond donors (Lipinski definition) is 1. The summed E-state index contributed by atoms with van der Waals surface area (Å²) in [6, 6.07) is 6.58. The molecule has 1 aliphatic heterocycles. The van der Waals surface area contributed by atoms with E-state index in [1.807, 2.05) is 11.8 Å². The van der Waals surface area contributed by atoms with E-state index < -0.39 is 11.7 Å². The van der Waals surface area contributed by atoms with Crippen LogP contribution < -0.4 is 5.32 Å². The number of thioether (sulfide) groups is 1. The topological polar surface area (TPSA) is 68.0 Å². The number of nitrogens with zero attached hydrogens (tertiary/aromatic N) is 2. The molecule has 1 aromatic carbocycles. The molecule has 152 valence electrons. The lowest BCUT2D eigenvalue weighted by Gasteiger charge is -2.22. The van der Waals surface area contributed by atoms with Crippen molar-refractivity contribution in [3.8, 4) is 11.3 Å². The van der Waals surface area contributed by atoms with E-state index in [-0.39, 0.29) is 34.5 Å². The number of rotatable bonds is 3. The van der Waals surface area contributed by atoms with Gasteiger partial charge in [0, 0.05) is 11.6 Å². The zero-order valence-corrected chi connectivity index (χ0v) is 16.4. The number of aromatic nitrogens is 2. The Bertz CT molecular complexity index is 1060. The van der Waals surface area contributed by atoms with Crippen molar-refractivity contribution in [1.82, 2.24) is 15.5 Å². The number of nitrogens with one attached hydrogen (secondary N) is 1. The first-order valence-corrected chi connectivity index (χ1v) is 10.3. The molecule has 0 radical (unpaired) electrons. The number of halogens is 3. The highest BCUT2D eigenvalue weighted by molar-refractivity contribution is 7.99. The number of pyridine rings is 1. The molecular formula is C20H18F3N3O2S. The molecule has 0 unspecified atom stereocenters. The number of amides is 1. The van der Waals surface area contributed by atoms with Crippen LogP contribution in [0, 0.1) is 6.92 Å². The van der Waals surface area contributed by atoms with Crippen LogP contribution in [0.2, 0.25) is 0 Å². The van der Waals surface area contributed by atoms with Gasteiger partial charge in [0.05, 0.1) is 27.9 Å². The average molecular weight is 421 g/mol. The maximum absolute atomic E-state index is 13.5. The van der Waals surface area contributed by atoms with Crippen LogP contribution in [0.3, 0.4) is 0 Å². The van der Waals surface area contributed by atoms with Gasteiger partial charge in [-0.1, -0.05) is 23.4 Å². The second-order valence-corrected chi connectivity index (χ2v) is 8.13. The van der Waals surface area contributed by atoms with Crippen molar-refractivity contribution in [3.05, 3.63) is 47.2 Å². The average Bonchev–Trinajstić information content (AvgIpc) is 3.08. The van der Waals surface area contributed by atoms with Crippen LogP contribution in [-0.4, -0.2) is 33.6 Å². The van der Waals surface area contributed by atoms with E-state index in [1.165, 1.54) is 24.3 Å². The lowest BCUT2D eigenvalue weighted by molar-refractivity contribution is -0.137. The quantitative estimate of drug-likeness (QED) is 0.655. The molecule has 0 spiro atoms. The fraction of sp³-hybridized carbons (Fsp3) is 0.350. The second-order valence-electron chi connectivity index (χ2n) is 6.91. The van der Waals surface area contributed by atoms with Crippen molar-refractivity contribution in [2.75, 3.05) is 11.5 Å². The van der Waals surface area contributed by atoms with Gasteiger partial charge in [0.25, 0.3) is 11.6 Å². The summed E-state index contributed by atoms with van der Waals surface area (Å²) < 4.78 is 45.6. The fourth-order valence-corrected chi connectivity index (χ4v) is 4.58. The highest BCUT2D eigenvalue weighted by Crippen LogP contribution is 2.37. The first kappa shape index (κ1) is 19.8. The molecule has 9 heteroatoms. The van der Waals surface area contributed by atoms with Crippen LogP contribution in [0.5, 0.6) is 0 Å². The summed E-state index contributed by atoms with van der Waals surface area (Å²) in [6.07, 6.45) is -2.83. The maximum Gasteiger partial charge on any atom is 0.417 e. The van der Waals surface area contributed by atoms with E-state index >= 15 is 0 Å². The predicted molar refractivity (Wildman–Crippen MR) is 105 cm³/mol. The van der Waals surface area contributed by atoms with Crippen LogP contribution in [0.15, 0.2) is 34.9 Å². The molecule has 0 aliphatic carbocycles. The summed E-state index contributed by atoms with van der Waals surface area (Å²) in [5.41, 5.74) is -0.184. The highest BCUT2D eigenvalue weighted by atomic mass is 32.2. The minimum absolute atomic E-state index is 0.0194. The third kappa shape index (κ3) is 3.96. The Morgan fingerprint density at radius 1 is 1.24 bits per heavy atom. The minimum Gasteiger partial charge on any atom is -0.349 e. The Labute approximate surface area is 169 Å². The van der Waals surface area contributed by atoms with Gasteiger partial charge < -0.3 is 9.84 Å². The normalized spacial score (nSPS) is 15.6. The fourth-order valence-electron chi connectivity index (χ4n) is 3.47. The first-order chi connectivity index (χ1) is 13.8. The van der Waals surface area contributed by atoms with Gasteiger partial charge in [-0.05, 0) is 43.4 Å². The molecule has 1 N–H and O–H groups in total. The van der Waals surface area contributed by atoms with Crippen molar-refractivity contribution in [2.45, 2.75) is 32.0 Å². The van der Waals surface area contributed by atoms with E-state index in [2.05, 4.69) is 15.5 Å². The van der Waals surface area contributed by atoms with E-state index in [1.54, 1.807) is 6.92 Å². The van der Waals surface area contributed by atoms with Gasteiger partial charge in [-0.25, -0.2) is 4.98 Å². The lowest BCUT2D eigenvalue weighted by atomic mass is 10.00. The zero-order valence-electron chi connectivity index (χ0n) is 15.5. The van der Waals surface area contributed by atoms with Crippen LogP contribution in [0.1, 0.15) is 34.5 Å². The molecule has 0 atom stereocenters. The molecule has 0 bridgehead atoms. The van der Waals surface area contributed by atoms with Crippen molar-refractivity contribution < 1.29 is 22.5 Å². The summed E-state index contributed by atoms with van der Waals surface area (Å²) >= 11 is 1.84. The van der Waals surface area contributed by atoms with E-state index in [9.17, 15) is 18.0 Å². The number of alkyl halides is 3. The zero-order chi connectivity index (χ0) is 20.6. The monoisotopic (exact) mass is 421 g/mol. The van der Waals surface area contributed by atoms with Gasteiger partial charge in [0.1, 0.15) is 0 Å². The smallest absolute Gasteiger partial charge is 0.349 e. The number of carbonyl (C=O) groups is 1. The molecule has 29 heavy (non-hydrogen) atoms. The van der Waals surface area contributed by atoms with E-state index in [0.717, 1.165) is 30.4 Å². The molecule has 3 heterocycles. The van der Waals surface area contributed by atoms with E-state index in [0.29, 0.717) is 11.1 Å². The highest BCUT2D eigenvalue weighted by Gasteiger charge is 2.34. The maximum atomic E-state index is 13.5. The summed E-state index contributed by atoms with van der Waals surface area (Å²) in [6.45, 7) is 1.67. The third-order valence-corrected chi connectivity index (χ3v) is 5.98. The first-order valence-electron chi connectivity index (χ1n) is 9.17. The molecule has 1 amide bonds. The molecule has 1 aliphatic rings. The second kappa shape index (κ2) is 7.70. The molecular weight excluding hydrogens is 403 g/mol. The summed E-state index contributed by atoms with van der Waals surface area (Å²) in [5, 5.41) is 7.26. The van der Waals surface area contributed by atoms with Crippen LogP contribution >= 0.6 is 11.8 Å². The number of hydrogen-bond acceptors (Lipinski definition) is 5. The van der Waals surface area contributed by atoms with Crippen LogP contribution in [0.4, 0.5) is 13.2 Å². The summed E-state index contributed by atoms with van der Waals surface area (Å²) in [4.78, 5) is 17.2. The molecule has 0 saturated carbocycles. The van der Waals surface area contributed by atoms with Crippen molar-refractivity contribution in [1.29, 1.82) is 0 Å². The van der Waals surface area contributed by atoms with Crippen molar-refractivity contribution >= 4 is 28.8 Å². The lowest BCUT2D eigenvalue weighted by Crippen LogP contribution is -2.37. The summed E-state index contributed by atoms with van der Waals surface area (Å²) in [7, 11) is 0. The minimum atomic E-state index is -4.55.